The predicted molar refractivity (Wildman–Crippen MR) is 96.4 cm³/mol. The Morgan fingerprint density at radius 1 is 1.29 bits per heavy atom. The van der Waals surface area contributed by atoms with Gasteiger partial charge in [-0.05, 0) is 20.3 Å². The minimum absolute atomic E-state index is 0.174. The van der Waals surface area contributed by atoms with Crippen LogP contribution in [0.5, 0.6) is 0 Å². The van der Waals surface area contributed by atoms with E-state index in [0.29, 0.717) is 24.1 Å². The molecule has 2 heterocycles. The zero-order chi connectivity index (χ0) is 17.2. The molecule has 3 rings (SSSR count). The van der Waals surface area contributed by atoms with E-state index in [4.69, 9.17) is 14.5 Å². The van der Waals surface area contributed by atoms with E-state index >= 15 is 0 Å². The van der Waals surface area contributed by atoms with Crippen molar-refractivity contribution in [1.29, 1.82) is 0 Å². The van der Waals surface area contributed by atoms with Crippen molar-refractivity contribution in [1.82, 2.24) is 15.5 Å². The second-order valence-electron chi connectivity index (χ2n) is 7.90. The Balaban J connectivity index is 1.57. The van der Waals surface area contributed by atoms with Crippen molar-refractivity contribution in [3.8, 4) is 0 Å². The highest BCUT2D eigenvalue weighted by Gasteiger charge is 2.59. The topological polar surface area (TPSA) is 58.1 Å². The quantitative estimate of drug-likeness (QED) is 0.580. The Bertz CT molecular complexity index is 448. The lowest BCUT2D eigenvalue weighted by atomic mass is 9.57. The van der Waals surface area contributed by atoms with Gasteiger partial charge in [-0.3, -0.25) is 9.89 Å². The van der Waals surface area contributed by atoms with Crippen LogP contribution >= 0.6 is 0 Å². The maximum absolute atomic E-state index is 5.90. The first kappa shape index (κ1) is 18.0. The first-order chi connectivity index (χ1) is 11.5. The third-order valence-electron chi connectivity index (χ3n) is 5.92. The molecule has 3 fully saturated rings. The fourth-order valence-electron chi connectivity index (χ4n) is 4.44. The third-order valence-corrected chi connectivity index (χ3v) is 5.92. The number of fused-ring (bicyclic) bond motifs is 1. The van der Waals surface area contributed by atoms with Gasteiger partial charge in [0.25, 0.3) is 0 Å². The van der Waals surface area contributed by atoms with Gasteiger partial charge in [0.05, 0.1) is 25.9 Å². The summed E-state index contributed by atoms with van der Waals surface area (Å²) in [7, 11) is 0. The minimum atomic E-state index is 0.174. The molecule has 0 bridgehead atoms. The molecule has 6 nitrogen and oxygen atoms in total. The summed E-state index contributed by atoms with van der Waals surface area (Å²) in [5.74, 6) is 1.57. The predicted octanol–water partition coefficient (Wildman–Crippen LogP) is 1.08. The minimum Gasteiger partial charge on any atom is -0.379 e. The summed E-state index contributed by atoms with van der Waals surface area (Å²) in [4.78, 5) is 7.32. The molecule has 4 unspecified atom stereocenters. The van der Waals surface area contributed by atoms with Crippen LogP contribution in [0.25, 0.3) is 0 Å². The molecule has 0 amide bonds. The van der Waals surface area contributed by atoms with Crippen molar-refractivity contribution < 1.29 is 9.47 Å². The molecule has 1 aliphatic carbocycles. The number of nitrogens with one attached hydrogen (secondary N) is 2. The van der Waals surface area contributed by atoms with Crippen LogP contribution in [0.15, 0.2) is 4.99 Å². The molecule has 0 spiro atoms. The summed E-state index contributed by atoms with van der Waals surface area (Å²) >= 11 is 0. The number of rotatable bonds is 5. The third kappa shape index (κ3) is 3.55. The molecule has 0 aromatic heterocycles. The van der Waals surface area contributed by atoms with Crippen LogP contribution in [0, 0.1) is 11.3 Å². The Morgan fingerprint density at radius 2 is 2.04 bits per heavy atom. The fourth-order valence-corrected chi connectivity index (χ4v) is 4.44. The van der Waals surface area contributed by atoms with Crippen LogP contribution in [-0.2, 0) is 9.47 Å². The van der Waals surface area contributed by atoms with Gasteiger partial charge in [-0.15, -0.1) is 0 Å². The van der Waals surface area contributed by atoms with E-state index in [1.165, 1.54) is 0 Å². The van der Waals surface area contributed by atoms with Crippen LogP contribution in [-0.4, -0.2) is 75.0 Å². The number of morpholine rings is 1. The van der Waals surface area contributed by atoms with Gasteiger partial charge in [0.1, 0.15) is 0 Å². The fraction of sp³-hybridized carbons (Fsp3) is 0.944. The van der Waals surface area contributed by atoms with E-state index in [9.17, 15) is 0 Å². The molecule has 0 radical (unpaired) electrons. The van der Waals surface area contributed by atoms with E-state index in [1.54, 1.807) is 0 Å². The lowest BCUT2D eigenvalue weighted by Gasteiger charge is -2.55. The van der Waals surface area contributed by atoms with Crippen molar-refractivity contribution in [3.63, 3.8) is 0 Å². The second kappa shape index (κ2) is 7.58. The molecule has 2 aliphatic heterocycles. The molecule has 24 heavy (non-hydrogen) atoms. The summed E-state index contributed by atoms with van der Waals surface area (Å²) in [6.07, 6.45) is 1.57. The Morgan fingerprint density at radius 3 is 2.75 bits per heavy atom. The normalized spacial score (nSPS) is 34.3. The van der Waals surface area contributed by atoms with Crippen molar-refractivity contribution in [2.45, 2.75) is 52.3 Å². The number of hydrogen-bond acceptors (Lipinski definition) is 4. The molecule has 2 saturated heterocycles. The maximum atomic E-state index is 5.90. The van der Waals surface area contributed by atoms with Crippen molar-refractivity contribution in [3.05, 3.63) is 0 Å². The van der Waals surface area contributed by atoms with E-state index in [2.05, 4.69) is 43.2 Å². The lowest BCUT2D eigenvalue weighted by molar-refractivity contribution is -0.106. The highest BCUT2D eigenvalue weighted by molar-refractivity contribution is 5.80. The molecule has 0 aromatic carbocycles. The Labute approximate surface area is 146 Å². The highest BCUT2D eigenvalue weighted by atomic mass is 16.5. The van der Waals surface area contributed by atoms with Crippen molar-refractivity contribution in [2.24, 2.45) is 16.3 Å². The largest absolute Gasteiger partial charge is 0.379 e. The standard InChI is InChI=1S/C18H34N4O2/c1-5-19-17(20-12-13(2)22-7-10-23-11-8-22)21-15-14-6-9-24-16(14)18(15,3)4/h13-16H,5-12H2,1-4H3,(H2,19,20,21). The first-order valence-electron chi connectivity index (χ1n) is 9.52. The molecule has 6 heteroatoms. The van der Waals surface area contributed by atoms with E-state index in [0.717, 1.165) is 58.4 Å². The average molecular weight is 338 g/mol. The van der Waals surface area contributed by atoms with Gasteiger partial charge >= 0.3 is 0 Å². The molecule has 3 aliphatic rings. The van der Waals surface area contributed by atoms with Gasteiger partial charge in [0.2, 0.25) is 0 Å². The zero-order valence-corrected chi connectivity index (χ0v) is 15.7. The summed E-state index contributed by atoms with van der Waals surface area (Å²) in [5, 5.41) is 7.10. The van der Waals surface area contributed by atoms with Crippen LogP contribution < -0.4 is 10.6 Å². The summed E-state index contributed by atoms with van der Waals surface area (Å²) in [5.41, 5.74) is 0.174. The summed E-state index contributed by atoms with van der Waals surface area (Å²) in [6, 6.07) is 0.891. The number of nitrogens with zero attached hydrogens (tertiary/aromatic N) is 2. The van der Waals surface area contributed by atoms with Gasteiger partial charge in [-0.1, -0.05) is 13.8 Å². The number of ether oxygens (including phenoxy) is 2. The average Bonchev–Trinajstić information content (AvgIpc) is 3.05. The second-order valence-corrected chi connectivity index (χ2v) is 7.90. The molecule has 2 N–H and O–H groups in total. The Hall–Kier alpha value is -0.850. The summed E-state index contributed by atoms with van der Waals surface area (Å²) < 4.78 is 11.3. The van der Waals surface area contributed by atoms with Gasteiger partial charge in [0, 0.05) is 49.7 Å². The highest BCUT2D eigenvalue weighted by Crippen LogP contribution is 2.52. The van der Waals surface area contributed by atoms with Gasteiger partial charge in [-0.2, -0.15) is 0 Å². The number of hydrogen-bond donors (Lipinski definition) is 2. The molecule has 0 aromatic rings. The molecule has 4 atom stereocenters. The number of guanidine groups is 1. The van der Waals surface area contributed by atoms with Gasteiger partial charge < -0.3 is 20.1 Å². The van der Waals surface area contributed by atoms with Crippen LogP contribution in [0.1, 0.15) is 34.1 Å². The lowest BCUT2D eigenvalue weighted by Crippen LogP contribution is -2.68. The van der Waals surface area contributed by atoms with Crippen LogP contribution in [0.3, 0.4) is 0 Å². The maximum Gasteiger partial charge on any atom is 0.191 e. The van der Waals surface area contributed by atoms with Gasteiger partial charge in [-0.25, -0.2) is 0 Å². The van der Waals surface area contributed by atoms with Crippen molar-refractivity contribution >= 4 is 5.96 Å². The number of aliphatic imine (C=N–C) groups is 1. The van der Waals surface area contributed by atoms with Crippen molar-refractivity contribution in [2.75, 3.05) is 46.0 Å². The monoisotopic (exact) mass is 338 g/mol. The van der Waals surface area contributed by atoms with Gasteiger partial charge in [0.15, 0.2) is 5.96 Å². The van der Waals surface area contributed by atoms with Crippen LogP contribution in [0.4, 0.5) is 0 Å². The van der Waals surface area contributed by atoms with Crippen LogP contribution in [0.2, 0.25) is 0 Å². The smallest absolute Gasteiger partial charge is 0.191 e. The first-order valence-corrected chi connectivity index (χ1v) is 9.52. The van der Waals surface area contributed by atoms with E-state index in [-0.39, 0.29) is 5.41 Å². The SMILES string of the molecule is CCNC(=NCC(C)N1CCOCC1)NC1C2CCOC2C1(C)C. The molecular formula is C18H34N4O2. The van der Waals surface area contributed by atoms with E-state index < -0.39 is 0 Å². The van der Waals surface area contributed by atoms with E-state index in [1.807, 2.05) is 0 Å². The molecule has 1 saturated carbocycles. The summed E-state index contributed by atoms with van der Waals surface area (Å²) in [6.45, 7) is 15.3. The molecule has 138 valence electrons. The zero-order valence-electron chi connectivity index (χ0n) is 15.7. The molecular weight excluding hydrogens is 304 g/mol. The Kier molecular flexibility index (Phi) is 5.67.